The van der Waals surface area contributed by atoms with Gasteiger partial charge >= 0.3 is 12.1 Å². The molecule has 0 unspecified atom stereocenters. The third-order valence-electron chi connectivity index (χ3n) is 7.16. The van der Waals surface area contributed by atoms with E-state index in [-0.39, 0.29) is 35.5 Å². The molecule has 0 aliphatic rings. The van der Waals surface area contributed by atoms with Gasteiger partial charge in [0.25, 0.3) is 5.91 Å². The molecule has 14 heteroatoms. The number of alkyl halides is 3. The predicted octanol–water partition coefficient (Wildman–Crippen LogP) is 4.44. The Labute approximate surface area is 281 Å². The highest BCUT2D eigenvalue weighted by atomic mass is 32.2. The molecule has 256 valence electrons. The van der Waals surface area contributed by atoms with E-state index in [1.165, 1.54) is 48.6 Å². The summed E-state index contributed by atoms with van der Waals surface area (Å²) in [5.41, 5.74) is 9.59. The minimum atomic E-state index is -5.14. The molecule has 0 fully saturated rings. The van der Waals surface area contributed by atoms with Crippen LogP contribution >= 0.6 is 0 Å². The maximum atomic E-state index is 13.5. The molecule has 0 spiro atoms. The Morgan fingerprint density at radius 2 is 1.51 bits per heavy atom. The molecule has 2 amide bonds. The van der Waals surface area contributed by atoms with Crippen LogP contribution in [0.2, 0.25) is 0 Å². The first kappa shape index (κ1) is 36.5. The van der Waals surface area contributed by atoms with Gasteiger partial charge in [-0.3, -0.25) is 9.59 Å². The Bertz CT molecular complexity index is 1930. The molecule has 4 aromatic rings. The molecule has 0 bridgehead atoms. The van der Waals surface area contributed by atoms with E-state index in [2.05, 4.69) is 10.1 Å². The lowest BCUT2D eigenvalue weighted by atomic mass is 10.0. The second-order valence-electron chi connectivity index (χ2n) is 10.8. The normalized spacial score (nSPS) is 11.7. The van der Waals surface area contributed by atoms with Crippen LogP contribution in [0.15, 0.2) is 108 Å². The minimum absolute atomic E-state index is 0.0379. The van der Waals surface area contributed by atoms with Crippen LogP contribution in [0.5, 0.6) is 5.75 Å². The standard InChI is InChI=1S/C35H33F3N4O6S/c36-35(37,38)34(45)48-30-12-7-24(8-13-30)11-16-32(43)42(20-17-25-9-14-31(15-10-25)49(40,46)47)23-26-3-1-4-27(21-26)28-5-2-6-29(22-28)33(44)41-19-18-39/h1-16,21-22H,17-20,23,39H2,(H,41,44)(H2,40,46,47). The van der Waals surface area contributed by atoms with Crippen molar-refractivity contribution in [2.45, 2.75) is 24.0 Å². The number of nitrogens with two attached hydrogens (primary N) is 2. The maximum absolute atomic E-state index is 13.5. The highest BCUT2D eigenvalue weighted by Crippen LogP contribution is 2.24. The van der Waals surface area contributed by atoms with Gasteiger partial charge in [0.1, 0.15) is 5.75 Å². The lowest BCUT2D eigenvalue weighted by molar-refractivity contribution is -0.189. The fourth-order valence-electron chi connectivity index (χ4n) is 4.66. The third kappa shape index (κ3) is 10.9. The molecule has 0 radical (unpaired) electrons. The van der Waals surface area contributed by atoms with E-state index in [1.807, 2.05) is 30.3 Å². The van der Waals surface area contributed by atoms with Gasteiger partial charge in [0, 0.05) is 37.8 Å². The van der Waals surface area contributed by atoms with Crippen molar-refractivity contribution >= 4 is 33.9 Å². The topological polar surface area (TPSA) is 162 Å². The molecular formula is C35H33F3N4O6S. The average molecular weight is 695 g/mol. The molecule has 0 aliphatic carbocycles. The van der Waals surface area contributed by atoms with Crippen LogP contribution in [-0.2, 0) is 32.6 Å². The Morgan fingerprint density at radius 1 is 0.857 bits per heavy atom. The summed E-state index contributed by atoms with van der Waals surface area (Å²) in [5.74, 6) is -3.27. The zero-order chi connectivity index (χ0) is 35.6. The van der Waals surface area contributed by atoms with Gasteiger partial charge in [0.05, 0.1) is 4.90 Å². The van der Waals surface area contributed by atoms with Crippen molar-refractivity contribution in [2.75, 3.05) is 19.6 Å². The van der Waals surface area contributed by atoms with E-state index in [0.29, 0.717) is 30.6 Å². The Morgan fingerprint density at radius 3 is 2.14 bits per heavy atom. The van der Waals surface area contributed by atoms with Crippen molar-refractivity contribution in [1.82, 2.24) is 10.2 Å². The van der Waals surface area contributed by atoms with Crippen molar-refractivity contribution in [3.8, 4) is 16.9 Å². The number of rotatable bonds is 13. The number of hydrogen-bond acceptors (Lipinski definition) is 7. The van der Waals surface area contributed by atoms with Gasteiger partial charge in [-0.15, -0.1) is 0 Å². The fourth-order valence-corrected chi connectivity index (χ4v) is 5.17. The SMILES string of the molecule is NCCNC(=O)c1cccc(-c2cccc(CN(CCc3ccc(S(N)(=O)=O)cc3)C(=O)C=Cc3ccc(OC(=O)C(F)(F)F)cc3)c2)c1. The maximum Gasteiger partial charge on any atom is 0.491 e. The number of primary sulfonamides is 1. The number of benzene rings is 4. The molecular weight excluding hydrogens is 661 g/mol. The van der Waals surface area contributed by atoms with Crippen molar-refractivity contribution in [3.63, 3.8) is 0 Å². The van der Waals surface area contributed by atoms with Crippen molar-refractivity contribution in [3.05, 3.63) is 125 Å². The largest absolute Gasteiger partial charge is 0.491 e. The predicted molar refractivity (Wildman–Crippen MR) is 177 cm³/mol. The summed E-state index contributed by atoms with van der Waals surface area (Å²) >= 11 is 0. The average Bonchev–Trinajstić information content (AvgIpc) is 3.08. The summed E-state index contributed by atoms with van der Waals surface area (Å²) in [6.07, 6.45) is -1.97. The lowest BCUT2D eigenvalue weighted by Gasteiger charge is -2.22. The van der Waals surface area contributed by atoms with Gasteiger partial charge in [-0.25, -0.2) is 18.4 Å². The van der Waals surface area contributed by atoms with E-state index in [4.69, 9.17) is 10.9 Å². The highest BCUT2D eigenvalue weighted by molar-refractivity contribution is 7.89. The first-order valence-electron chi connectivity index (χ1n) is 14.9. The molecule has 4 aromatic carbocycles. The van der Waals surface area contributed by atoms with E-state index in [1.54, 1.807) is 35.2 Å². The van der Waals surface area contributed by atoms with Crippen LogP contribution in [0.4, 0.5) is 13.2 Å². The third-order valence-corrected chi connectivity index (χ3v) is 8.09. The number of carbonyl (C=O) groups is 3. The summed E-state index contributed by atoms with van der Waals surface area (Å²) in [7, 11) is -3.87. The summed E-state index contributed by atoms with van der Waals surface area (Å²) in [6, 6.07) is 25.7. The molecule has 0 aromatic heterocycles. The monoisotopic (exact) mass is 694 g/mol. The first-order chi connectivity index (χ1) is 23.2. The van der Waals surface area contributed by atoms with Gasteiger partial charge in [-0.1, -0.05) is 54.6 Å². The van der Waals surface area contributed by atoms with Crippen molar-refractivity contribution < 1.29 is 40.7 Å². The smallest absolute Gasteiger partial charge is 0.420 e. The number of ether oxygens (including phenoxy) is 1. The van der Waals surface area contributed by atoms with Gasteiger partial charge in [-0.2, -0.15) is 13.2 Å². The fraction of sp³-hybridized carbons (Fsp3) is 0.171. The number of nitrogens with one attached hydrogen (secondary N) is 1. The summed E-state index contributed by atoms with van der Waals surface area (Å²) in [4.78, 5) is 38.6. The number of carbonyl (C=O) groups excluding carboxylic acids is 3. The molecule has 4 rings (SSSR count). The Hall–Kier alpha value is -5.31. The number of nitrogens with zero attached hydrogens (tertiary/aromatic N) is 1. The first-order valence-corrected chi connectivity index (χ1v) is 16.4. The number of sulfonamides is 1. The number of amides is 2. The van der Waals surface area contributed by atoms with Gasteiger partial charge < -0.3 is 20.7 Å². The van der Waals surface area contributed by atoms with Gasteiger partial charge in [-0.05, 0) is 82.8 Å². The number of halogens is 3. The van der Waals surface area contributed by atoms with Crippen LogP contribution in [0, 0.1) is 0 Å². The second kappa shape index (κ2) is 16.2. The second-order valence-corrected chi connectivity index (χ2v) is 12.4. The zero-order valence-corrected chi connectivity index (χ0v) is 26.8. The highest BCUT2D eigenvalue weighted by Gasteiger charge is 2.41. The molecule has 0 aliphatic heterocycles. The van der Waals surface area contributed by atoms with E-state index in [9.17, 15) is 36.0 Å². The molecule has 5 N–H and O–H groups in total. The Balaban J connectivity index is 1.54. The van der Waals surface area contributed by atoms with E-state index < -0.39 is 22.2 Å². The quantitative estimate of drug-likeness (QED) is 0.106. The van der Waals surface area contributed by atoms with Crippen LogP contribution in [0.25, 0.3) is 17.2 Å². The minimum Gasteiger partial charge on any atom is -0.420 e. The number of esters is 1. The van der Waals surface area contributed by atoms with Crippen molar-refractivity contribution in [1.29, 1.82) is 0 Å². The van der Waals surface area contributed by atoms with Crippen LogP contribution < -0.4 is 20.9 Å². The zero-order valence-electron chi connectivity index (χ0n) is 26.0. The van der Waals surface area contributed by atoms with Crippen LogP contribution in [0.1, 0.15) is 27.0 Å². The van der Waals surface area contributed by atoms with Crippen LogP contribution in [0.3, 0.4) is 0 Å². The summed E-state index contributed by atoms with van der Waals surface area (Å²) < 4.78 is 65.1. The molecule has 49 heavy (non-hydrogen) atoms. The van der Waals surface area contributed by atoms with Gasteiger partial charge in [0.2, 0.25) is 15.9 Å². The lowest BCUT2D eigenvalue weighted by Crippen LogP contribution is -2.31. The Kier molecular flexibility index (Phi) is 12.1. The molecule has 0 saturated carbocycles. The number of hydrogen-bond donors (Lipinski definition) is 3. The molecule has 10 nitrogen and oxygen atoms in total. The van der Waals surface area contributed by atoms with Gasteiger partial charge in [0.15, 0.2) is 0 Å². The summed E-state index contributed by atoms with van der Waals surface area (Å²) in [6.45, 7) is 1.09. The molecule has 0 atom stereocenters. The van der Waals surface area contributed by atoms with E-state index in [0.717, 1.165) is 22.3 Å². The molecule has 0 heterocycles. The van der Waals surface area contributed by atoms with Crippen molar-refractivity contribution in [2.24, 2.45) is 10.9 Å². The molecule has 0 saturated heterocycles. The van der Waals surface area contributed by atoms with Crippen LogP contribution in [-0.4, -0.2) is 56.9 Å². The van der Waals surface area contributed by atoms with E-state index >= 15 is 0 Å². The summed E-state index contributed by atoms with van der Waals surface area (Å²) in [5, 5.41) is 7.94.